The maximum absolute atomic E-state index is 12.1. The van der Waals surface area contributed by atoms with Crippen LogP contribution in [0, 0.1) is 6.92 Å². The number of thioether (sulfide) groups is 1. The van der Waals surface area contributed by atoms with Gasteiger partial charge >= 0.3 is 0 Å². The van der Waals surface area contributed by atoms with E-state index in [1.165, 1.54) is 11.8 Å². The molecule has 23 heavy (non-hydrogen) atoms. The number of hydrogen-bond acceptors (Lipinski definition) is 4. The Balaban J connectivity index is 1.98. The van der Waals surface area contributed by atoms with Gasteiger partial charge in [-0.25, -0.2) is 0 Å². The predicted molar refractivity (Wildman–Crippen MR) is 95.1 cm³/mol. The van der Waals surface area contributed by atoms with Gasteiger partial charge in [-0.1, -0.05) is 11.6 Å². The first kappa shape index (κ1) is 17.5. The number of ether oxygens (including phenoxy) is 2. The Labute approximate surface area is 145 Å². The van der Waals surface area contributed by atoms with E-state index >= 15 is 0 Å². The van der Waals surface area contributed by atoms with Crippen molar-refractivity contribution in [1.82, 2.24) is 0 Å². The molecule has 0 aliphatic rings. The van der Waals surface area contributed by atoms with E-state index in [2.05, 4.69) is 5.32 Å². The normalized spacial score (nSPS) is 10.3. The van der Waals surface area contributed by atoms with Gasteiger partial charge < -0.3 is 14.8 Å². The van der Waals surface area contributed by atoms with Crippen LogP contribution in [0.4, 0.5) is 5.69 Å². The molecule has 0 spiro atoms. The largest absolute Gasteiger partial charge is 0.497 e. The van der Waals surface area contributed by atoms with Gasteiger partial charge in [0.05, 0.1) is 25.7 Å². The molecule has 2 rings (SSSR count). The van der Waals surface area contributed by atoms with Crippen molar-refractivity contribution in [3.8, 4) is 11.5 Å². The molecule has 0 fully saturated rings. The Kier molecular flexibility index (Phi) is 6.19. The van der Waals surface area contributed by atoms with Crippen molar-refractivity contribution in [3.63, 3.8) is 0 Å². The third-order valence-corrected chi connectivity index (χ3v) is 4.60. The molecule has 0 atom stereocenters. The highest BCUT2D eigenvalue weighted by Gasteiger charge is 2.10. The van der Waals surface area contributed by atoms with Crippen LogP contribution in [0.3, 0.4) is 0 Å². The van der Waals surface area contributed by atoms with Crippen molar-refractivity contribution in [3.05, 3.63) is 47.0 Å². The summed E-state index contributed by atoms with van der Waals surface area (Å²) in [5.41, 5.74) is 1.50. The lowest BCUT2D eigenvalue weighted by Gasteiger charge is -2.12. The topological polar surface area (TPSA) is 47.6 Å². The molecule has 0 aliphatic heterocycles. The van der Waals surface area contributed by atoms with Crippen LogP contribution >= 0.6 is 23.4 Å². The molecule has 1 N–H and O–H groups in total. The molecule has 0 bridgehead atoms. The highest BCUT2D eigenvalue weighted by Crippen LogP contribution is 2.31. The van der Waals surface area contributed by atoms with Gasteiger partial charge in [-0.2, -0.15) is 0 Å². The van der Waals surface area contributed by atoms with Crippen molar-refractivity contribution in [2.24, 2.45) is 0 Å². The summed E-state index contributed by atoms with van der Waals surface area (Å²) in [5.74, 6) is 1.53. The van der Waals surface area contributed by atoms with Gasteiger partial charge in [-0.15, -0.1) is 11.8 Å². The van der Waals surface area contributed by atoms with Gasteiger partial charge in [0.2, 0.25) is 5.91 Å². The Morgan fingerprint density at radius 3 is 2.48 bits per heavy atom. The predicted octanol–water partition coefficient (Wildman–Crippen LogP) is 4.40. The molecule has 2 aromatic carbocycles. The van der Waals surface area contributed by atoms with E-state index in [0.717, 1.165) is 16.2 Å². The lowest BCUT2D eigenvalue weighted by atomic mass is 10.2. The molecular formula is C17H18ClNO3S. The first-order valence-corrected chi connectivity index (χ1v) is 8.30. The van der Waals surface area contributed by atoms with Gasteiger partial charge in [0, 0.05) is 16.0 Å². The number of carbonyl (C=O) groups is 1. The summed E-state index contributed by atoms with van der Waals surface area (Å²) in [4.78, 5) is 13.1. The summed E-state index contributed by atoms with van der Waals surface area (Å²) in [6.45, 7) is 1.88. The summed E-state index contributed by atoms with van der Waals surface area (Å²) in [6.07, 6.45) is 0. The highest BCUT2D eigenvalue weighted by atomic mass is 35.5. The SMILES string of the molecule is COc1ccc(SCC(=O)Nc2cc(C)c(Cl)cc2OC)cc1. The lowest BCUT2D eigenvalue weighted by molar-refractivity contribution is -0.113. The van der Waals surface area contributed by atoms with Crippen LogP contribution < -0.4 is 14.8 Å². The fraction of sp³-hybridized carbons (Fsp3) is 0.235. The minimum Gasteiger partial charge on any atom is -0.497 e. The average molecular weight is 352 g/mol. The second kappa shape index (κ2) is 8.13. The third kappa shape index (κ3) is 4.81. The van der Waals surface area contributed by atoms with Crippen LogP contribution in [0.5, 0.6) is 11.5 Å². The number of benzene rings is 2. The number of carbonyl (C=O) groups excluding carboxylic acids is 1. The second-order valence-electron chi connectivity index (χ2n) is 4.81. The highest BCUT2D eigenvalue weighted by molar-refractivity contribution is 8.00. The zero-order chi connectivity index (χ0) is 16.8. The third-order valence-electron chi connectivity index (χ3n) is 3.18. The fourth-order valence-electron chi connectivity index (χ4n) is 1.94. The molecular weight excluding hydrogens is 334 g/mol. The van der Waals surface area contributed by atoms with Crippen LogP contribution in [0.15, 0.2) is 41.3 Å². The van der Waals surface area contributed by atoms with Gasteiger partial charge in [-0.05, 0) is 42.8 Å². The van der Waals surface area contributed by atoms with Crippen LogP contribution in [-0.4, -0.2) is 25.9 Å². The summed E-state index contributed by atoms with van der Waals surface area (Å²) in [6, 6.07) is 11.1. The summed E-state index contributed by atoms with van der Waals surface area (Å²) in [7, 11) is 3.17. The fourth-order valence-corrected chi connectivity index (χ4v) is 2.79. The number of methoxy groups -OCH3 is 2. The number of halogens is 1. The maximum atomic E-state index is 12.1. The van der Waals surface area contributed by atoms with Crippen LogP contribution in [0.25, 0.3) is 0 Å². The standard InChI is InChI=1S/C17H18ClNO3S/c1-11-8-15(16(22-3)9-14(11)18)19-17(20)10-23-13-6-4-12(21-2)5-7-13/h4-9H,10H2,1-3H3,(H,19,20). The number of anilines is 1. The summed E-state index contributed by atoms with van der Waals surface area (Å²) >= 11 is 7.51. The number of amides is 1. The van der Waals surface area contributed by atoms with E-state index in [1.54, 1.807) is 26.4 Å². The van der Waals surface area contributed by atoms with Crippen molar-refractivity contribution in [2.75, 3.05) is 25.3 Å². The van der Waals surface area contributed by atoms with Gasteiger partial charge in [-0.3, -0.25) is 4.79 Å². The molecule has 0 unspecified atom stereocenters. The molecule has 1 amide bonds. The minimum atomic E-state index is -0.106. The first-order valence-electron chi connectivity index (χ1n) is 6.94. The number of nitrogens with one attached hydrogen (secondary N) is 1. The first-order chi connectivity index (χ1) is 11.0. The molecule has 0 radical (unpaired) electrons. The van der Waals surface area contributed by atoms with Crippen molar-refractivity contribution < 1.29 is 14.3 Å². The van der Waals surface area contributed by atoms with Crippen molar-refractivity contribution in [2.45, 2.75) is 11.8 Å². The molecule has 0 saturated carbocycles. The summed E-state index contributed by atoms with van der Waals surface area (Å²) in [5, 5.41) is 3.46. The molecule has 2 aromatic rings. The van der Waals surface area contributed by atoms with E-state index < -0.39 is 0 Å². The van der Waals surface area contributed by atoms with Crippen molar-refractivity contribution in [1.29, 1.82) is 0 Å². The second-order valence-corrected chi connectivity index (χ2v) is 6.27. The molecule has 0 heterocycles. The van der Waals surface area contributed by atoms with Crippen molar-refractivity contribution >= 4 is 35.0 Å². The Morgan fingerprint density at radius 2 is 1.87 bits per heavy atom. The Hall–Kier alpha value is -1.85. The van der Waals surface area contributed by atoms with E-state index in [1.807, 2.05) is 31.2 Å². The molecule has 0 saturated heterocycles. The molecule has 0 aliphatic carbocycles. The van der Waals surface area contributed by atoms with Crippen LogP contribution in [0.2, 0.25) is 5.02 Å². The molecule has 6 heteroatoms. The zero-order valence-corrected chi connectivity index (χ0v) is 14.8. The van der Waals surface area contributed by atoms with E-state index in [9.17, 15) is 4.79 Å². The van der Waals surface area contributed by atoms with E-state index in [-0.39, 0.29) is 5.91 Å². The van der Waals surface area contributed by atoms with Gasteiger partial charge in [0.15, 0.2) is 0 Å². The molecule has 4 nitrogen and oxygen atoms in total. The Bertz CT molecular complexity index is 689. The Morgan fingerprint density at radius 1 is 1.17 bits per heavy atom. The number of rotatable bonds is 6. The number of aryl methyl sites for hydroxylation is 1. The van der Waals surface area contributed by atoms with Crippen LogP contribution in [0.1, 0.15) is 5.56 Å². The van der Waals surface area contributed by atoms with E-state index in [4.69, 9.17) is 21.1 Å². The monoisotopic (exact) mass is 351 g/mol. The maximum Gasteiger partial charge on any atom is 0.234 e. The lowest BCUT2D eigenvalue weighted by Crippen LogP contribution is -2.14. The average Bonchev–Trinajstić information content (AvgIpc) is 2.56. The minimum absolute atomic E-state index is 0.106. The van der Waals surface area contributed by atoms with Crippen LogP contribution in [-0.2, 0) is 4.79 Å². The quantitative estimate of drug-likeness (QED) is 0.784. The number of hydrogen-bond donors (Lipinski definition) is 1. The van der Waals surface area contributed by atoms with Gasteiger partial charge in [0.25, 0.3) is 0 Å². The van der Waals surface area contributed by atoms with Gasteiger partial charge in [0.1, 0.15) is 11.5 Å². The van der Waals surface area contributed by atoms with E-state index in [0.29, 0.717) is 22.2 Å². The smallest absolute Gasteiger partial charge is 0.234 e. The molecule has 0 aromatic heterocycles. The summed E-state index contributed by atoms with van der Waals surface area (Å²) < 4.78 is 10.4. The zero-order valence-electron chi connectivity index (χ0n) is 13.2. The molecule has 122 valence electrons.